The fourth-order valence-electron chi connectivity index (χ4n) is 3.72. The fourth-order valence-corrected chi connectivity index (χ4v) is 4.21. The van der Waals surface area contributed by atoms with Gasteiger partial charge in [0.1, 0.15) is 0 Å². The predicted molar refractivity (Wildman–Crippen MR) is 125 cm³/mol. The van der Waals surface area contributed by atoms with Crippen LogP contribution < -0.4 is 10.1 Å². The summed E-state index contributed by atoms with van der Waals surface area (Å²) in [5, 5.41) is 3.98. The second kappa shape index (κ2) is 10.5. The van der Waals surface area contributed by atoms with E-state index in [1.54, 1.807) is 18.2 Å². The zero-order valence-electron chi connectivity index (χ0n) is 18.0. The molecular weight excluding hydrogens is 469 g/mol. The van der Waals surface area contributed by atoms with Crippen LogP contribution in [0.25, 0.3) is 11.0 Å². The summed E-state index contributed by atoms with van der Waals surface area (Å²) in [4.78, 5) is 32.0. The average Bonchev–Trinajstić information content (AvgIpc) is 3.27. The number of carbonyl (C=O) groups excluding carboxylic acids is 2. The van der Waals surface area contributed by atoms with Crippen LogP contribution in [0.1, 0.15) is 26.5 Å². The zero-order chi connectivity index (χ0) is 23.4. The third-order valence-corrected chi connectivity index (χ3v) is 6.15. The number of nitrogens with zero attached hydrogens (tertiary/aromatic N) is 2. The number of morpholine rings is 1. The van der Waals surface area contributed by atoms with Crippen molar-refractivity contribution in [2.24, 2.45) is 0 Å². The van der Waals surface area contributed by atoms with Gasteiger partial charge in [-0.25, -0.2) is 0 Å². The highest BCUT2D eigenvalue weighted by Crippen LogP contribution is 2.33. The number of Topliss-reactive ketones (excluding diaryl/α,β-unsaturated/α-hetero) is 1. The summed E-state index contributed by atoms with van der Waals surface area (Å²) in [6, 6.07) is 4.84. The van der Waals surface area contributed by atoms with Crippen LogP contribution in [0, 0.1) is 0 Å². The van der Waals surface area contributed by atoms with E-state index in [9.17, 15) is 9.59 Å². The Morgan fingerprint density at radius 3 is 2.61 bits per heavy atom. The average molecular weight is 492 g/mol. The van der Waals surface area contributed by atoms with Crippen molar-refractivity contribution in [3.63, 3.8) is 0 Å². The van der Waals surface area contributed by atoms with Gasteiger partial charge in [0.25, 0.3) is 5.91 Å². The van der Waals surface area contributed by atoms with Gasteiger partial charge in [-0.15, -0.1) is 0 Å². The lowest BCUT2D eigenvalue weighted by Gasteiger charge is -2.26. The minimum absolute atomic E-state index is 0.0200. The van der Waals surface area contributed by atoms with E-state index < -0.39 is 0 Å². The molecule has 3 aromatic rings. The number of methoxy groups -OCH3 is 1. The molecule has 3 heterocycles. The molecule has 4 rings (SSSR count). The molecule has 8 nitrogen and oxygen atoms in total. The maximum Gasteiger partial charge on any atom is 0.287 e. The number of furan rings is 1. The summed E-state index contributed by atoms with van der Waals surface area (Å²) in [5.41, 5.74) is 1.20. The Morgan fingerprint density at radius 1 is 1.18 bits per heavy atom. The molecule has 10 heteroatoms. The van der Waals surface area contributed by atoms with E-state index in [0.29, 0.717) is 57.6 Å². The van der Waals surface area contributed by atoms with E-state index in [4.69, 9.17) is 37.1 Å². The smallest absolute Gasteiger partial charge is 0.287 e. The van der Waals surface area contributed by atoms with Crippen molar-refractivity contribution in [3.8, 4) is 5.75 Å². The van der Waals surface area contributed by atoms with Crippen LogP contribution in [0.5, 0.6) is 5.75 Å². The van der Waals surface area contributed by atoms with E-state index in [1.165, 1.54) is 19.5 Å². The molecule has 1 aromatic carbocycles. The molecule has 1 fully saturated rings. The highest BCUT2D eigenvalue weighted by atomic mass is 35.5. The molecule has 0 atom stereocenters. The number of rotatable bonds is 8. The number of carbonyl (C=O) groups is 2. The summed E-state index contributed by atoms with van der Waals surface area (Å²) >= 11 is 12.4. The fraction of sp³-hybridized carbons (Fsp3) is 0.348. The number of halogens is 2. The van der Waals surface area contributed by atoms with Crippen molar-refractivity contribution in [3.05, 3.63) is 57.5 Å². The van der Waals surface area contributed by atoms with Gasteiger partial charge in [0.15, 0.2) is 22.9 Å². The Bertz CT molecular complexity index is 1150. The normalized spacial score (nSPS) is 14.4. The Morgan fingerprint density at radius 2 is 1.91 bits per heavy atom. The molecule has 1 aliphatic rings. The molecule has 1 aliphatic heterocycles. The van der Waals surface area contributed by atoms with Crippen molar-refractivity contribution >= 4 is 45.9 Å². The molecule has 0 unspecified atom stereocenters. The van der Waals surface area contributed by atoms with Crippen molar-refractivity contribution in [1.29, 1.82) is 0 Å². The molecule has 0 saturated carbocycles. The van der Waals surface area contributed by atoms with Gasteiger partial charge in [-0.3, -0.25) is 19.5 Å². The number of ether oxygens (including phenoxy) is 2. The summed E-state index contributed by atoms with van der Waals surface area (Å²) in [6.45, 7) is 4.27. The quantitative estimate of drug-likeness (QED) is 0.480. The highest BCUT2D eigenvalue weighted by Gasteiger charge is 2.22. The largest absolute Gasteiger partial charge is 0.493 e. The number of aromatic nitrogens is 1. The van der Waals surface area contributed by atoms with Gasteiger partial charge < -0.3 is 19.2 Å². The van der Waals surface area contributed by atoms with E-state index >= 15 is 0 Å². The van der Waals surface area contributed by atoms with Crippen LogP contribution in [0.3, 0.4) is 0 Å². The molecule has 33 heavy (non-hydrogen) atoms. The first-order valence-electron chi connectivity index (χ1n) is 10.5. The van der Waals surface area contributed by atoms with Crippen LogP contribution in [0.15, 0.2) is 35.0 Å². The molecule has 0 bridgehead atoms. The van der Waals surface area contributed by atoms with Crippen LogP contribution in [-0.4, -0.2) is 68.1 Å². The Kier molecular flexibility index (Phi) is 7.49. The molecule has 1 amide bonds. The van der Waals surface area contributed by atoms with Gasteiger partial charge in [-0.2, -0.15) is 0 Å². The number of ketones is 1. The van der Waals surface area contributed by atoms with Crippen LogP contribution in [0.2, 0.25) is 10.0 Å². The molecule has 0 aliphatic carbocycles. The first-order chi connectivity index (χ1) is 16.0. The van der Waals surface area contributed by atoms with Crippen molar-refractivity contribution < 1.29 is 23.5 Å². The lowest BCUT2D eigenvalue weighted by molar-refractivity contribution is 0.0382. The SMILES string of the molecule is COc1ccc(C(=O)Cc2c(Cl)cncc2Cl)c2cc(C(=O)NCCN3CCOCC3)oc12. The van der Waals surface area contributed by atoms with E-state index in [0.717, 1.165) is 19.6 Å². The first kappa shape index (κ1) is 23.5. The second-order valence-electron chi connectivity index (χ2n) is 7.56. The molecule has 1 saturated heterocycles. The second-order valence-corrected chi connectivity index (χ2v) is 8.37. The minimum atomic E-state index is -0.361. The van der Waals surface area contributed by atoms with Crippen LogP contribution >= 0.6 is 23.2 Å². The Balaban J connectivity index is 1.54. The number of pyridine rings is 1. The summed E-state index contributed by atoms with van der Waals surface area (Å²) in [6.07, 6.45) is 2.86. The lowest BCUT2D eigenvalue weighted by Crippen LogP contribution is -2.41. The lowest BCUT2D eigenvalue weighted by atomic mass is 10.00. The van der Waals surface area contributed by atoms with Gasteiger partial charge in [-0.1, -0.05) is 23.2 Å². The number of benzene rings is 1. The first-order valence-corrected chi connectivity index (χ1v) is 11.2. The Labute approximate surface area is 200 Å². The third kappa shape index (κ3) is 5.30. The highest BCUT2D eigenvalue weighted by molar-refractivity contribution is 6.36. The van der Waals surface area contributed by atoms with E-state index in [2.05, 4.69) is 15.2 Å². The number of nitrogens with one attached hydrogen (secondary N) is 1. The predicted octanol–water partition coefficient (Wildman–Crippen LogP) is 3.63. The van der Waals surface area contributed by atoms with Crippen LogP contribution in [-0.2, 0) is 11.2 Å². The van der Waals surface area contributed by atoms with Gasteiger partial charge in [0.05, 0.1) is 30.4 Å². The third-order valence-electron chi connectivity index (χ3n) is 5.50. The van der Waals surface area contributed by atoms with Gasteiger partial charge >= 0.3 is 0 Å². The standard InChI is InChI=1S/C23H23Cl2N3O5/c1-31-20-3-2-14(19(29)10-16-17(24)12-26-13-18(16)25)15-11-21(33-22(15)20)23(30)27-4-5-28-6-8-32-9-7-28/h2-3,11-13H,4-10H2,1H3,(H,27,30). The number of amides is 1. The molecule has 1 N–H and O–H groups in total. The van der Waals surface area contributed by atoms with Gasteiger partial charge in [0.2, 0.25) is 0 Å². The molecular formula is C23H23Cl2N3O5. The molecule has 174 valence electrons. The van der Waals surface area contributed by atoms with Crippen molar-refractivity contribution in [2.45, 2.75) is 6.42 Å². The minimum Gasteiger partial charge on any atom is -0.493 e. The number of hydrogen-bond acceptors (Lipinski definition) is 7. The van der Waals surface area contributed by atoms with E-state index in [-0.39, 0.29) is 23.9 Å². The zero-order valence-corrected chi connectivity index (χ0v) is 19.5. The maximum atomic E-state index is 13.1. The summed E-state index contributed by atoms with van der Waals surface area (Å²) in [5.74, 6) is -0.0581. The van der Waals surface area contributed by atoms with Gasteiger partial charge in [-0.05, 0) is 18.2 Å². The summed E-state index contributed by atoms with van der Waals surface area (Å²) < 4.78 is 16.5. The van der Waals surface area contributed by atoms with Crippen molar-refractivity contribution in [2.75, 3.05) is 46.5 Å². The van der Waals surface area contributed by atoms with Crippen LogP contribution in [0.4, 0.5) is 0 Å². The molecule has 0 spiro atoms. The topological polar surface area (TPSA) is 93.9 Å². The van der Waals surface area contributed by atoms with Crippen molar-refractivity contribution in [1.82, 2.24) is 15.2 Å². The molecule has 0 radical (unpaired) electrons. The monoisotopic (exact) mass is 491 g/mol. The Hall–Kier alpha value is -2.65. The van der Waals surface area contributed by atoms with E-state index in [1.807, 2.05) is 0 Å². The van der Waals surface area contributed by atoms with Gasteiger partial charge in [0, 0.05) is 61.5 Å². The molecule has 2 aromatic heterocycles. The number of fused-ring (bicyclic) bond motifs is 1. The summed E-state index contributed by atoms with van der Waals surface area (Å²) in [7, 11) is 1.50. The number of hydrogen-bond donors (Lipinski definition) is 1. The maximum absolute atomic E-state index is 13.1.